The van der Waals surface area contributed by atoms with E-state index in [1.54, 1.807) is 0 Å². The van der Waals surface area contributed by atoms with Gasteiger partial charge < -0.3 is 0 Å². The fourth-order valence-corrected chi connectivity index (χ4v) is 9.92. The number of fused-ring (bicyclic) bond motifs is 8. The molecule has 11 aromatic rings. The zero-order valence-electron chi connectivity index (χ0n) is 33.2. The molecular formula is C58H37N3. The van der Waals surface area contributed by atoms with Crippen molar-refractivity contribution in [3.63, 3.8) is 0 Å². The maximum Gasteiger partial charge on any atom is 0.164 e. The molecule has 0 spiro atoms. The number of rotatable bonds is 6. The van der Waals surface area contributed by atoms with Crippen LogP contribution in [0.4, 0.5) is 0 Å². The maximum absolute atomic E-state index is 5.40. The van der Waals surface area contributed by atoms with Gasteiger partial charge in [0.2, 0.25) is 0 Å². The van der Waals surface area contributed by atoms with Crippen molar-refractivity contribution in [3.05, 3.63) is 247 Å². The SMILES string of the molecule is c1ccc(-c2nc(-c3ccc4ccc5ccccc5c4c3)nc(-c3cccc4c5c(c(-c6ccccc6)cc34)-c3ccccc3C5(c3ccccc3)c3ccccc3)n2)cc1. The molecular weight excluding hydrogens is 739 g/mol. The predicted molar refractivity (Wildman–Crippen MR) is 251 cm³/mol. The second kappa shape index (κ2) is 14.1. The third-order valence-electron chi connectivity index (χ3n) is 12.6. The zero-order valence-corrected chi connectivity index (χ0v) is 33.2. The van der Waals surface area contributed by atoms with Crippen LogP contribution in [0.25, 0.3) is 88.7 Å². The van der Waals surface area contributed by atoms with Crippen molar-refractivity contribution in [1.82, 2.24) is 15.0 Å². The second-order valence-electron chi connectivity index (χ2n) is 15.9. The third-order valence-corrected chi connectivity index (χ3v) is 12.6. The van der Waals surface area contributed by atoms with E-state index in [0.717, 1.165) is 33.0 Å². The highest BCUT2D eigenvalue weighted by atomic mass is 15.0. The van der Waals surface area contributed by atoms with Crippen LogP contribution in [0, 0.1) is 0 Å². The van der Waals surface area contributed by atoms with Gasteiger partial charge in [0.15, 0.2) is 17.5 Å². The van der Waals surface area contributed by atoms with Crippen molar-refractivity contribution in [1.29, 1.82) is 0 Å². The lowest BCUT2D eigenvalue weighted by atomic mass is 9.66. The molecule has 1 heterocycles. The summed E-state index contributed by atoms with van der Waals surface area (Å²) < 4.78 is 0. The van der Waals surface area contributed by atoms with Gasteiger partial charge in [-0.05, 0) is 89.0 Å². The Morgan fingerprint density at radius 1 is 0.295 bits per heavy atom. The molecule has 0 N–H and O–H groups in total. The Labute approximate surface area is 354 Å². The van der Waals surface area contributed by atoms with Crippen molar-refractivity contribution in [2.24, 2.45) is 0 Å². The van der Waals surface area contributed by atoms with Gasteiger partial charge in [-0.1, -0.05) is 212 Å². The molecule has 0 unspecified atom stereocenters. The Hall–Kier alpha value is -8.01. The molecule has 12 rings (SSSR count). The highest BCUT2D eigenvalue weighted by molar-refractivity contribution is 6.11. The topological polar surface area (TPSA) is 38.7 Å². The van der Waals surface area contributed by atoms with Crippen LogP contribution in [0.5, 0.6) is 0 Å². The number of aromatic nitrogens is 3. The van der Waals surface area contributed by atoms with Crippen LogP contribution in [-0.4, -0.2) is 15.0 Å². The number of hydrogen-bond acceptors (Lipinski definition) is 3. The molecule has 3 heteroatoms. The molecule has 10 aromatic carbocycles. The van der Waals surface area contributed by atoms with E-state index < -0.39 is 5.41 Å². The molecule has 1 aromatic heterocycles. The van der Waals surface area contributed by atoms with Crippen LogP contribution in [0.1, 0.15) is 22.3 Å². The van der Waals surface area contributed by atoms with E-state index in [0.29, 0.717) is 17.5 Å². The molecule has 0 atom stereocenters. The lowest BCUT2D eigenvalue weighted by Gasteiger charge is -2.35. The van der Waals surface area contributed by atoms with Crippen molar-refractivity contribution in [2.45, 2.75) is 5.41 Å². The minimum absolute atomic E-state index is 0.608. The smallest absolute Gasteiger partial charge is 0.164 e. The van der Waals surface area contributed by atoms with E-state index in [1.165, 1.54) is 60.5 Å². The monoisotopic (exact) mass is 775 g/mol. The molecule has 284 valence electrons. The first-order valence-electron chi connectivity index (χ1n) is 20.9. The maximum atomic E-state index is 5.40. The summed E-state index contributed by atoms with van der Waals surface area (Å²) in [7, 11) is 0. The molecule has 0 fully saturated rings. The van der Waals surface area contributed by atoms with Gasteiger partial charge in [-0.3, -0.25) is 0 Å². The Kier molecular flexibility index (Phi) is 8.07. The molecule has 61 heavy (non-hydrogen) atoms. The summed E-state index contributed by atoms with van der Waals surface area (Å²) in [5.74, 6) is 1.90. The molecule has 3 nitrogen and oxygen atoms in total. The average molecular weight is 776 g/mol. The van der Waals surface area contributed by atoms with Gasteiger partial charge in [0.25, 0.3) is 0 Å². The molecule has 0 saturated heterocycles. The summed E-state index contributed by atoms with van der Waals surface area (Å²) in [5, 5.41) is 7.01. The first-order valence-corrected chi connectivity index (χ1v) is 20.9. The fraction of sp³-hybridized carbons (Fsp3) is 0.0172. The molecule has 1 aliphatic rings. The van der Waals surface area contributed by atoms with Gasteiger partial charge in [0.05, 0.1) is 5.41 Å². The second-order valence-corrected chi connectivity index (χ2v) is 15.9. The van der Waals surface area contributed by atoms with Gasteiger partial charge in [0.1, 0.15) is 0 Å². The summed E-state index contributed by atoms with van der Waals surface area (Å²) in [6.45, 7) is 0. The Balaban J connectivity index is 1.19. The largest absolute Gasteiger partial charge is 0.208 e. The Morgan fingerprint density at radius 3 is 1.54 bits per heavy atom. The van der Waals surface area contributed by atoms with Crippen molar-refractivity contribution in [3.8, 4) is 56.4 Å². The molecule has 0 bridgehead atoms. The van der Waals surface area contributed by atoms with Crippen LogP contribution < -0.4 is 0 Å². The first kappa shape index (κ1) is 35.0. The summed E-state index contributed by atoms with van der Waals surface area (Å²) in [6.07, 6.45) is 0. The predicted octanol–water partition coefficient (Wildman–Crippen LogP) is 14.4. The minimum atomic E-state index is -0.608. The fourth-order valence-electron chi connectivity index (χ4n) is 9.92. The minimum Gasteiger partial charge on any atom is -0.208 e. The summed E-state index contributed by atoms with van der Waals surface area (Å²) in [6, 6.07) is 80.7. The standard InChI is InChI=1S/C58H37N3/c1-5-18-38(19-6-1)50-37-51-46(54-53(50)48-28-15-16-31-52(48)58(54,43-23-9-3-10-24-43)44-25-11-4-12-26-44)29-17-30-47(51)57-60-55(41-21-7-2-8-22-41)59-56(61-57)42-35-34-40-33-32-39-20-13-14-27-45(39)49(40)36-42/h1-37H. The van der Waals surface area contributed by atoms with Crippen LogP contribution >= 0.6 is 0 Å². The first-order chi connectivity index (χ1) is 30.3. The summed E-state index contributed by atoms with van der Waals surface area (Å²) >= 11 is 0. The Bertz CT molecular complexity index is 3410. The third kappa shape index (κ3) is 5.48. The highest BCUT2D eigenvalue weighted by Crippen LogP contribution is 2.60. The number of benzene rings is 10. The molecule has 1 aliphatic carbocycles. The van der Waals surface area contributed by atoms with E-state index in [2.05, 4.69) is 206 Å². The molecule has 0 aliphatic heterocycles. The molecule has 0 amide bonds. The lowest BCUT2D eigenvalue weighted by Crippen LogP contribution is -2.28. The van der Waals surface area contributed by atoms with Crippen molar-refractivity contribution < 1.29 is 0 Å². The normalized spacial score (nSPS) is 12.7. The summed E-state index contributed by atoms with van der Waals surface area (Å²) in [5.41, 5.74) is 12.0. The van der Waals surface area contributed by atoms with Gasteiger partial charge in [-0.2, -0.15) is 0 Å². The Morgan fingerprint density at radius 2 is 0.820 bits per heavy atom. The van der Waals surface area contributed by atoms with E-state index in [1.807, 2.05) is 18.2 Å². The van der Waals surface area contributed by atoms with E-state index in [-0.39, 0.29) is 0 Å². The van der Waals surface area contributed by atoms with Crippen molar-refractivity contribution in [2.75, 3.05) is 0 Å². The number of nitrogens with zero attached hydrogens (tertiary/aromatic N) is 3. The molecule has 0 radical (unpaired) electrons. The van der Waals surface area contributed by atoms with Crippen LogP contribution in [0.15, 0.2) is 224 Å². The lowest BCUT2D eigenvalue weighted by molar-refractivity contribution is 0.775. The zero-order chi connectivity index (χ0) is 40.3. The van der Waals surface area contributed by atoms with Gasteiger partial charge >= 0.3 is 0 Å². The van der Waals surface area contributed by atoms with Gasteiger partial charge in [-0.25, -0.2) is 15.0 Å². The van der Waals surface area contributed by atoms with Crippen LogP contribution in [0.2, 0.25) is 0 Å². The van der Waals surface area contributed by atoms with Gasteiger partial charge in [-0.15, -0.1) is 0 Å². The summed E-state index contributed by atoms with van der Waals surface area (Å²) in [4.78, 5) is 15.9. The molecule has 0 saturated carbocycles. The van der Waals surface area contributed by atoms with E-state index in [9.17, 15) is 0 Å². The average Bonchev–Trinajstić information content (AvgIpc) is 3.66. The van der Waals surface area contributed by atoms with Gasteiger partial charge in [0, 0.05) is 16.7 Å². The van der Waals surface area contributed by atoms with E-state index >= 15 is 0 Å². The van der Waals surface area contributed by atoms with Crippen molar-refractivity contribution >= 4 is 32.3 Å². The quantitative estimate of drug-likeness (QED) is 0.158. The van der Waals surface area contributed by atoms with Crippen LogP contribution in [-0.2, 0) is 5.41 Å². The number of hydrogen-bond donors (Lipinski definition) is 0. The highest BCUT2D eigenvalue weighted by Gasteiger charge is 2.48. The van der Waals surface area contributed by atoms with E-state index in [4.69, 9.17) is 15.0 Å². The van der Waals surface area contributed by atoms with Crippen LogP contribution in [0.3, 0.4) is 0 Å².